The van der Waals surface area contributed by atoms with E-state index in [0.717, 1.165) is 25.3 Å². The minimum absolute atomic E-state index is 0.204. The number of ether oxygens (including phenoxy) is 1. The predicted molar refractivity (Wildman–Crippen MR) is 98.6 cm³/mol. The molecule has 0 radical (unpaired) electrons. The molecule has 3 aliphatic heterocycles. The first kappa shape index (κ1) is 16.9. The average molecular weight is 342 g/mol. The summed E-state index contributed by atoms with van der Waals surface area (Å²) in [7, 11) is 0. The average Bonchev–Trinajstić information content (AvgIpc) is 2.68. The number of hydrogen-bond donors (Lipinski definition) is 1. The van der Waals surface area contributed by atoms with Crippen LogP contribution in [0.3, 0.4) is 0 Å². The van der Waals surface area contributed by atoms with E-state index in [1.807, 2.05) is 0 Å². The molecule has 3 heterocycles. The summed E-state index contributed by atoms with van der Waals surface area (Å²) >= 11 is 0. The molecule has 2 bridgehead atoms. The topological polar surface area (TPSA) is 41.6 Å². The van der Waals surface area contributed by atoms with Gasteiger partial charge in [-0.3, -0.25) is 0 Å². The zero-order chi connectivity index (χ0) is 17.1. The van der Waals surface area contributed by atoms with Crippen LogP contribution in [-0.2, 0) is 4.74 Å². The number of rotatable bonds is 4. The molecule has 4 aliphatic rings. The maximum atomic E-state index is 12.4. The van der Waals surface area contributed by atoms with Gasteiger partial charge in [0, 0.05) is 24.4 Å². The van der Waals surface area contributed by atoms with E-state index in [4.69, 9.17) is 4.74 Å². The molecule has 4 heteroatoms. The van der Waals surface area contributed by atoms with E-state index in [0.29, 0.717) is 18.4 Å². The Balaban J connectivity index is 1.30. The summed E-state index contributed by atoms with van der Waals surface area (Å²) in [5.74, 6) is 1.70. The molecule has 1 aromatic carbocycles. The molecule has 4 fully saturated rings. The van der Waals surface area contributed by atoms with Crippen molar-refractivity contribution in [2.75, 3.05) is 26.2 Å². The summed E-state index contributed by atoms with van der Waals surface area (Å²) in [6.07, 6.45) is 6.95. The van der Waals surface area contributed by atoms with Crippen molar-refractivity contribution >= 4 is 6.09 Å². The Labute approximate surface area is 150 Å². The molecule has 4 nitrogen and oxygen atoms in total. The van der Waals surface area contributed by atoms with Gasteiger partial charge in [-0.2, -0.15) is 0 Å². The number of alkyl carbamates (subject to hydrolysis) is 1. The molecule has 0 aromatic heterocycles. The summed E-state index contributed by atoms with van der Waals surface area (Å²) in [5.41, 5.74) is 1.34. The summed E-state index contributed by atoms with van der Waals surface area (Å²) < 4.78 is 5.64. The first-order valence-corrected chi connectivity index (χ1v) is 10.00. The van der Waals surface area contributed by atoms with Crippen molar-refractivity contribution in [3.05, 3.63) is 35.9 Å². The van der Waals surface area contributed by atoms with Gasteiger partial charge in [-0.15, -0.1) is 0 Å². The highest BCUT2D eigenvalue weighted by molar-refractivity contribution is 5.67. The Hall–Kier alpha value is -1.55. The predicted octanol–water partition coefficient (Wildman–Crippen LogP) is 3.78. The fourth-order valence-corrected chi connectivity index (χ4v) is 5.06. The SMILES string of the molecule is O=C(N[C@@H]1CCCC[C@H]1c1ccccc1)OCC1CN2CCC1CC2. The van der Waals surface area contributed by atoms with E-state index in [1.165, 1.54) is 44.3 Å². The second kappa shape index (κ2) is 7.77. The lowest BCUT2D eigenvalue weighted by atomic mass is 9.79. The van der Waals surface area contributed by atoms with E-state index >= 15 is 0 Å². The van der Waals surface area contributed by atoms with Crippen molar-refractivity contribution in [3.8, 4) is 0 Å². The second-order valence-electron chi connectivity index (χ2n) is 8.05. The van der Waals surface area contributed by atoms with Crippen LogP contribution >= 0.6 is 0 Å². The van der Waals surface area contributed by atoms with Crippen molar-refractivity contribution in [2.45, 2.75) is 50.5 Å². The minimum atomic E-state index is -0.218. The summed E-state index contributed by atoms with van der Waals surface area (Å²) in [6, 6.07) is 10.8. The Morgan fingerprint density at radius 2 is 1.84 bits per heavy atom. The monoisotopic (exact) mass is 342 g/mol. The zero-order valence-electron chi connectivity index (χ0n) is 15.0. The third-order valence-electron chi connectivity index (χ3n) is 6.52. The van der Waals surface area contributed by atoms with Crippen LogP contribution in [0.4, 0.5) is 4.79 Å². The number of nitrogens with one attached hydrogen (secondary N) is 1. The molecule has 1 amide bonds. The van der Waals surface area contributed by atoms with Crippen LogP contribution in [0, 0.1) is 11.8 Å². The number of fused-ring (bicyclic) bond motifs is 3. The molecule has 25 heavy (non-hydrogen) atoms. The first-order valence-electron chi connectivity index (χ1n) is 10.00. The van der Waals surface area contributed by atoms with Gasteiger partial charge < -0.3 is 15.0 Å². The molecule has 3 saturated heterocycles. The molecule has 1 saturated carbocycles. The van der Waals surface area contributed by atoms with Gasteiger partial charge in [-0.25, -0.2) is 4.79 Å². The lowest BCUT2D eigenvalue weighted by molar-refractivity contribution is 0.0117. The first-order chi connectivity index (χ1) is 12.3. The van der Waals surface area contributed by atoms with E-state index in [-0.39, 0.29) is 12.1 Å². The van der Waals surface area contributed by atoms with Gasteiger partial charge in [0.25, 0.3) is 0 Å². The number of piperidine rings is 3. The Bertz CT molecular complexity index is 569. The van der Waals surface area contributed by atoms with E-state index in [9.17, 15) is 4.79 Å². The van der Waals surface area contributed by atoms with Gasteiger partial charge in [0.1, 0.15) is 0 Å². The Morgan fingerprint density at radius 1 is 1.08 bits per heavy atom. The van der Waals surface area contributed by atoms with Gasteiger partial charge in [0.2, 0.25) is 0 Å². The van der Waals surface area contributed by atoms with Crippen molar-refractivity contribution in [2.24, 2.45) is 11.8 Å². The maximum Gasteiger partial charge on any atom is 0.407 e. The molecule has 0 spiro atoms. The standard InChI is InChI=1S/C21H30N2O2/c24-21(25-15-18-14-23-12-10-16(18)11-13-23)22-20-9-5-4-8-19(20)17-6-2-1-3-7-17/h1-3,6-7,16,18-20H,4-5,8-15H2,(H,22,24)/t18?,19-,20+/m0/s1. The Kier molecular flexibility index (Phi) is 5.25. The number of nitrogens with zero attached hydrogens (tertiary/aromatic N) is 1. The van der Waals surface area contributed by atoms with Crippen molar-refractivity contribution in [1.29, 1.82) is 0 Å². The van der Waals surface area contributed by atoms with Crippen molar-refractivity contribution in [3.63, 3.8) is 0 Å². The fourth-order valence-electron chi connectivity index (χ4n) is 5.06. The zero-order valence-corrected chi connectivity index (χ0v) is 15.0. The fraction of sp³-hybridized carbons (Fsp3) is 0.667. The highest BCUT2D eigenvalue weighted by Crippen LogP contribution is 2.34. The largest absolute Gasteiger partial charge is 0.449 e. The minimum Gasteiger partial charge on any atom is -0.449 e. The van der Waals surface area contributed by atoms with Crippen LogP contribution in [0.1, 0.15) is 50.0 Å². The van der Waals surface area contributed by atoms with Crippen LogP contribution in [0.5, 0.6) is 0 Å². The van der Waals surface area contributed by atoms with Crippen molar-refractivity contribution in [1.82, 2.24) is 10.2 Å². The van der Waals surface area contributed by atoms with E-state index in [1.54, 1.807) is 0 Å². The van der Waals surface area contributed by atoms with Crippen LogP contribution in [0.2, 0.25) is 0 Å². The van der Waals surface area contributed by atoms with Gasteiger partial charge in [-0.1, -0.05) is 43.2 Å². The smallest absolute Gasteiger partial charge is 0.407 e. The van der Waals surface area contributed by atoms with Gasteiger partial charge in [0.15, 0.2) is 0 Å². The molecule has 136 valence electrons. The van der Waals surface area contributed by atoms with Crippen LogP contribution in [-0.4, -0.2) is 43.3 Å². The summed E-state index contributed by atoms with van der Waals surface area (Å²) in [6.45, 7) is 4.14. The molecule has 3 atom stereocenters. The number of amides is 1. The highest BCUT2D eigenvalue weighted by atomic mass is 16.5. The van der Waals surface area contributed by atoms with Crippen LogP contribution in [0.25, 0.3) is 0 Å². The maximum absolute atomic E-state index is 12.4. The van der Waals surface area contributed by atoms with Crippen LogP contribution in [0.15, 0.2) is 30.3 Å². The molecule has 5 rings (SSSR count). The van der Waals surface area contributed by atoms with Gasteiger partial charge in [0.05, 0.1) is 6.61 Å². The van der Waals surface area contributed by atoms with Crippen molar-refractivity contribution < 1.29 is 9.53 Å². The quantitative estimate of drug-likeness (QED) is 0.905. The molecule has 1 N–H and O–H groups in total. The molecule has 1 aliphatic carbocycles. The molecular formula is C21H30N2O2. The summed E-state index contributed by atoms with van der Waals surface area (Å²) in [4.78, 5) is 14.9. The third kappa shape index (κ3) is 4.00. The number of carbonyl (C=O) groups is 1. The molecular weight excluding hydrogens is 312 g/mol. The number of benzene rings is 1. The summed E-state index contributed by atoms with van der Waals surface area (Å²) in [5, 5.41) is 3.18. The van der Waals surface area contributed by atoms with Gasteiger partial charge in [-0.05, 0) is 50.3 Å². The van der Waals surface area contributed by atoms with E-state index in [2.05, 4.69) is 40.5 Å². The number of carbonyl (C=O) groups excluding carboxylic acids is 1. The molecule has 1 unspecified atom stereocenters. The second-order valence-corrected chi connectivity index (χ2v) is 8.05. The van der Waals surface area contributed by atoms with Crippen LogP contribution < -0.4 is 5.32 Å². The van der Waals surface area contributed by atoms with E-state index < -0.39 is 0 Å². The van der Waals surface area contributed by atoms with Gasteiger partial charge >= 0.3 is 6.09 Å². The Morgan fingerprint density at radius 3 is 2.56 bits per heavy atom. The third-order valence-corrected chi connectivity index (χ3v) is 6.52. The number of hydrogen-bond acceptors (Lipinski definition) is 3. The highest BCUT2D eigenvalue weighted by Gasteiger charge is 2.35. The lowest BCUT2D eigenvalue weighted by Gasteiger charge is -2.44. The normalized spacial score (nSPS) is 34.5. The lowest BCUT2D eigenvalue weighted by Crippen LogP contribution is -2.49. The molecule has 1 aromatic rings.